The van der Waals surface area contributed by atoms with Gasteiger partial charge >= 0.3 is 0 Å². The lowest BCUT2D eigenvalue weighted by atomic mass is 10.0. The van der Waals surface area contributed by atoms with Gasteiger partial charge in [-0.3, -0.25) is 0 Å². The van der Waals surface area contributed by atoms with Gasteiger partial charge in [0.15, 0.2) is 0 Å². The fourth-order valence-electron chi connectivity index (χ4n) is 1.71. The van der Waals surface area contributed by atoms with Crippen LogP contribution in [0.15, 0.2) is 42.5 Å². The lowest BCUT2D eigenvalue weighted by Crippen LogP contribution is -1.83. The van der Waals surface area contributed by atoms with E-state index < -0.39 is 0 Å². The fourth-order valence-corrected chi connectivity index (χ4v) is 1.71. The Hall–Kier alpha value is -2.02. The van der Waals surface area contributed by atoms with Gasteiger partial charge in [-0.2, -0.15) is 0 Å². The first-order valence-corrected chi connectivity index (χ1v) is 5.70. The van der Waals surface area contributed by atoms with Crippen LogP contribution in [0.4, 0.5) is 0 Å². The van der Waals surface area contributed by atoms with E-state index in [-0.39, 0.29) is 0 Å². The minimum absolute atomic E-state index is 0.334. The molecule has 0 aromatic heterocycles. The molecule has 0 aliphatic rings. The Kier molecular flexibility index (Phi) is 3.29. The van der Waals surface area contributed by atoms with E-state index in [9.17, 15) is 5.11 Å². The molecule has 0 bridgehead atoms. The summed E-state index contributed by atoms with van der Waals surface area (Å²) in [6.45, 7) is 4.05. The third-order valence-corrected chi connectivity index (χ3v) is 2.90. The molecule has 0 radical (unpaired) electrons. The van der Waals surface area contributed by atoms with Crippen LogP contribution in [-0.4, -0.2) is 5.11 Å². The third kappa shape index (κ3) is 2.76. The van der Waals surface area contributed by atoms with Gasteiger partial charge < -0.3 is 5.11 Å². The molecule has 2 aromatic carbocycles. The molecule has 0 aliphatic carbocycles. The minimum Gasteiger partial charge on any atom is -0.507 e. The molecule has 0 fully saturated rings. The van der Waals surface area contributed by atoms with Crippen molar-refractivity contribution in [3.8, 4) is 5.75 Å². The predicted molar refractivity (Wildman–Crippen MR) is 73.0 cm³/mol. The molecule has 0 saturated heterocycles. The van der Waals surface area contributed by atoms with Crippen LogP contribution in [0.3, 0.4) is 0 Å². The van der Waals surface area contributed by atoms with Gasteiger partial charge in [0, 0.05) is 5.56 Å². The van der Waals surface area contributed by atoms with Crippen LogP contribution < -0.4 is 0 Å². The average molecular weight is 224 g/mol. The molecule has 0 aliphatic heterocycles. The normalized spacial score (nSPS) is 10.9. The Labute approximate surface area is 102 Å². The van der Waals surface area contributed by atoms with Crippen molar-refractivity contribution in [3.63, 3.8) is 0 Å². The summed E-state index contributed by atoms with van der Waals surface area (Å²) in [5.74, 6) is 0.334. The molecular weight excluding hydrogens is 208 g/mol. The van der Waals surface area contributed by atoms with Crippen LogP contribution in [0.1, 0.15) is 22.3 Å². The fraction of sp³-hybridized carbons (Fsp3) is 0.125. The molecule has 0 saturated carbocycles. The summed E-state index contributed by atoms with van der Waals surface area (Å²) in [6, 6.07) is 13.9. The number of aromatic hydroxyl groups is 1. The lowest BCUT2D eigenvalue weighted by molar-refractivity contribution is 0.473. The maximum absolute atomic E-state index is 9.84. The molecule has 1 heteroatoms. The molecule has 1 nitrogen and oxygen atoms in total. The lowest BCUT2D eigenvalue weighted by Gasteiger charge is -2.04. The number of aryl methyl sites for hydroxylation is 2. The summed E-state index contributed by atoms with van der Waals surface area (Å²) in [6.07, 6.45) is 3.95. The monoisotopic (exact) mass is 224 g/mol. The highest BCUT2D eigenvalue weighted by Gasteiger charge is 2.00. The zero-order valence-corrected chi connectivity index (χ0v) is 10.1. The SMILES string of the molecule is Cc1cc(O)c(/C=C/c2ccccc2)cc1C. The van der Waals surface area contributed by atoms with Crippen molar-refractivity contribution in [1.82, 2.24) is 0 Å². The largest absolute Gasteiger partial charge is 0.507 e. The van der Waals surface area contributed by atoms with Gasteiger partial charge in [0.1, 0.15) is 5.75 Å². The Morgan fingerprint density at radius 3 is 2.24 bits per heavy atom. The molecule has 2 rings (SSSR count). The van der Waals surface area contributed by atoms with E-state index in [4.69, 9.17) is 0 Å². The van der Waals surface area contributed by atoms with E-state index in [1.807, 2.05) is 55.5 Å². The number of phenols is 1. The number of hydrogen-bond acceptors (Lipinski definition) is 1. The van der Waals surface area contributed by atoms with E-state index in [2.05, 4.69) is 6.92 Å². The zero-order chi connectivity index (χ0) is 12.3. The smallest absolute Gasteiger partial charge is 0.123 e. The van der Waals surface area contributed by atoms with Gasteiger partial charge in [0.25, 0.3) is 0 Å². The van der Waals surface area contributed by atoms with Crippen molar-refractivity contribution >= 4 is 12.2 Å². The molecule has 0 unspecified atom stereocenters. The second kappa shape index (κ2) is 4.88. The molecule has 0 spiro atoms. The van der Waals surface area contributed by atoms with E-state index in [1.165, 1.54) is 5.56 Å². The Morgan fingerprint density at radius 2 is 1.53 bits per heavy atom. The molecule has 0 atom stereocenters. The molecule has 0 amide bonds. The number of phenolic OH excluding ortho intramolecular Hbond substituents is 1. The highest BCUT2D eigenvalue weighted by atomic mass is 16.3. The highest BCUT2D eigenvalue weighted by Crippen LogP contribution is 2.23. The molecule has 17 heavy (non-hydrogen) atoms. The van der Waals surface area contributed by atoms with Crippen molar-refractivity contribution in [3.05, 3.63) is 64.7 Å². The first kappa shape index (κ1) is 11.5. The summed E-state index contributed by atoms with van der Waals surface area (Å²) >= 11 is 0. The Bertz CT molecular complexity index is 539. The van der Waals surface area contributed by atoms with Crippen LogP contribution >= 0.6 is 0 Å². The standard InChI is InChI=1S/C16H16O/c1-12-10-15(16(17)11-13(12)2)9-8-14-6-4-3-5-7-14/h3-11,17H,1-2H3/b9-8+. The summed E-state index contributed by atoms with van der Waals surface area (Å²) < 4.78 is 0. The summed E-state index contributed by atoms with van der Waals surface area (Å²) in [5, 5.41) is 9.84. The number of benzene rings is 2. The van der Waals surface area contributed by atoms with Crippen LogP contribution in [-0.2, 0) is 0 Å². The first-order valence-electron chi connectivity index (χ1n) is 5.70. The van der Waals surface area contributed by atoms with Crippen LogP contribution in [0.5, 0.6) is 5.75 Å². The molecule has 0 heterocycles. The number of rotatable bonds is 2. The van der Waals surface area contributed by atoms with Crippen LogP contribution in [0.25, 0.3) is 12.2 Å². The third-order valence-electron chi connectivity index (χ3n) is 2.90. The van der Waals surface area contributed by atoms with Crippen LogP contribution in [0, 0.1) is 13.8 Å². The van der Waals surface area contributed by atoms with Crippen molar-refractivity contribution in [2.75, 3.05) is 0 Å². The molecule has 86 valence electrons. The van der Waals surface area contributed by atoms with Gasteiger partial charge in [0.2, 0.25) is 0 Å². The quantitative estimate of drug-likeness (QED) is 0.759. The van der Waals surface area contributed by atoms with Crippen molar-refractivity contribution in [2.24, 2.45) is 0 Å². The van der Waals surface area contributed by atoms with E-state index in [0.717, 1.165) is 16.7 Å². The van der Waals surface area contributed by atoms with Crippen LogP contribution in [0.2, 0.25) is 0 Å². The van der Waals surface area contributed by atoms with Gasteiger partial charge in [-0.1, -0.05) is 42.5 Å². The second-order valence-electron chi connectivity index (χ2n) is 4.24. The van der Waals surface area contributed by atoms with Gasteiger partial charge in [-0.15, -0.1) is 0 Å². The average Bonchev–Trinajstić information content (AvgIpc) is 2.33. The Morgan fingerprint density at radius 1 is 0.882 bits per heavy atom. The maximum atomic E-state index is 9.84. The number of hydrogen-bond donors (Lipinski definition) is 1. The highest BCUT2D eigenvalue weighted by molar-refractivity contribution is 5.73. The van der Waals surface area contributed by atoms with E-state index >= 15 is 0 Å². The van der Waals surface area contributed by atoms with Crippen molar-refractivity contribution in [2.45, 2.75) is 13.8 Å². The van der Waals surface area contributed by atoms with Crippen molar-refractivity contribution in [1.29, 1.82) is 0 Å². The van der Waals surface area contributed by atoms with Gasteiger partial charge in [-0.25, -0.2) is 0 Å². The summed E-state index contributed by atoms with van der Waals surface area (Å²) in [5.41, 5.74) is 4.29. The molecule has 1 N–H and O–H groups in total. The van der Waals surface area contributed by atoms with Gasteiger partial charge in [0.05, 0.1) is 0 Å². The zero-order valence-electron chi connectivity index (χ0n) is 10.1. The van der Waals surface area contributed by atoms with Crippen molar-refractivity contribution < 1.29 is 5.11 Å². The summed E-state index contributed by atoms with van der Waals surface area (Å²) in [7, 11) is 0. The van der Waals surface area contributed by atoms with Gasteiger partial charge in [-0.05, 0) is 42.7 Å². The molecule has 2 aromatic rings. The first-order chi connectivity index (χ1) is 8.16. The predicted octanol–water partition coefficient (Wildman–Crippen LogP) is 4.18. The molecular formula is C16H16O. The summed E-state index contributed by atoms with van der Waals surface area (Å²) in [4.78, 5) is 0. The second-order valence-corrected chi connectivity index (χ2v) is 4.24. The van der Waals surface area contributed by atoms with E-state index in [1.54, 1.807) is 6.07 Å². The topological polar surface area (TPSA) is 20.2 Å². The Balaban J connectivity index is 2.31. The van der Waals surface area contributed by atoms with E-state index in [0.29, 0.717) is 5.75 Å². The minimum atomic E-state index is 0.334. The maximum Gasteiger partial charge on any atom is 0.123 e.